The molecule has 0 saturated carbocycles. The van der Waals surface area contributed by atoms with Crippen molar-refractivity contribution in [2.75, 3.05) is 0 Å². The Labute approximate surface area is 151 Å². The summed E-state index contributed by atoms with van der Waals surface area (Å²) in [5.41, 5.74) is 2.12. The number of aryl methyl sites for hydroxylation is 1. The van der Waals surface area contributed by atoms with Crippen LogP contribution in [0.5, 0.6) is 0 Å². The lowest BCUT2D eigenvalue weighted by atomic mass is 10.0. The Morgan fingerprint density at radius 2 is 2.08 bits per heavy atom. The lowest BCUT2D eigenvalue weighted by Gasteiger charge is -2.10. The van der Waals surface area contributed by atoms with E-state index in [9.17, 15) is 4.79 Å². The molecule has 3 heterocycles. The average Bonchev–Trinajstić information content (AvgIpc) is 2.89. The summed E-state index contributed by atoms with van der Waals surface area (Å²) >= 11 is 0. The number of aromatic nitrogens is 3. The van der Waals surface area contributed by atoms with Crippen molar-refractivity contribution in [3.8, 4) is 17.9 Å². The van der Waals surface area contributed by atoms with E-state index >= 15 is 0 Å². The molecule has 3 aromatic rings. The summed E-state index contributed by atoms with van der Waals surface area (Å²) in [6, 6.07) is 13.4. The van der Waals surface area contributed by atoms with Crippen molar-refractivity contribution in [3.63, 3.8) is 0 Å². The molecule has 0 aliphatic carbocycles. The number of benzene rings is 1. The SMILES string of the molecule is N#CC1CCc2nc3cc(C#Cc4ccccn4)ccc3c(=O)n2CC1. The molecule has 26 heavy (non-hydrogen) atoms. The Hall–Kier alpha value is -3.44. The zero-order chi connectivity index (χ0) is 17.9. The maximum Gasteiger partial charge on any atom is 0.261 e. The molecule has 1 atom stereocenters. The van der Waals surface area contributed by atoms with Gasteiger partial charge in [-0.15, -0.1) is 0 Å². The van der Waals surface area contributed by atoms with Crippen LogP contribution in [0.1, 0.15) is 29.9 Å². The molecular formula is C21H16N4O. The summed E-state index contributed by atoms with van der Waals surface area (Å²) in [5, 5.41) is 9.76. The van der Waals surface area contributed by atoms with Crippen LogP contribution in [0.25, 0.3) is 10.9 Å². The topological polar surface area (TPSA) is 71.6 Å². The Morgan fingerprint density at radius 3 is 2.88 bits per heavy atom. The highest BCUT2D eigenvalue weighted by molar-refractivity contribution is 5.79. The Morgan fingerprint density at radius 1 is 1.15 bits per heavy atom. The number of pyridine rings is 1. The third-order valence-corrected chi connectivity index (χ3v) is 4.63. The molecule has 0 radical (unpaired) electrons. The number of nitrogens with zero attached hydrogens (tertiary/aromatic N) is 4. The molecule has 1 unspecified atom stereocenters. The van der Waals surface area contributed by atoms with Crippen molar-refractivity contribution in [3.05, 3.63) is 70.0 Å². The molecule has 0 saturated heterocycles. The van der Waals surface area contributed by atoms with E-state index in [0.717, 1.165) is 17.8 Å². The summed E-state index contributed by atoms with van der Waals surface area (Å²) < 4.78 is 1.72. The summed E-state index contributed by atoms with van der Waals surface area (Å²) in [4.78, 5) is 21.7. The smallest absolute Gasteiger partial charge is 0.261 e. The Kier molecular flexibility index (Phi) is 4.21. The lowest BCUT2D eigenvalue weighted by Crippen LogP contribution is -2.24. The second-order valence-electron chi connectivity index (χ2n) is 6.34. The van der Waals surface area contributed by atoms with Gasteiger partial charge < -0.3 is 0 Å². The van der Waals surface area contributed by atoms with Gasteiger partial charge in [-0.05, 0) is 49.1 Å². The van der Waals surface area contributed by atoms with Crippen LogP contribution in [0.15, 0.2) is 47.4 Å². The van der Waals surface area contributed by atoms with E-state index in [-0.39, 0.29) is 11.5 Å². The van der Waals surface area contributed by atoms with E-state index < -0.39 is 0 Å². The minimum absolute atomic E-state index is 0.0148. The van der Waals surface area contributed by atoms with E-state index in [1.807, 2.05) is 30.3 Å². The molecule has 5 nitrogen and oxygen atoms in total. The molecule has 5 heteroatoms. The highest BCUT2D eigenvalue weighted by Crippen LogP contribution is 2.19. The van der Waals surface area contributed by atoms with E-state index in [0.29, 0.717) is 36.0 Å². The van der Waals surface area contributed by atoms with Crippen molar-refractivity contribution in [2.45, 2.75) is 25.8 Å². The van der Waals surface area contributed by atoms with Gasteiger partial charge in [0.2, 0.25) is 0 Å². The first-order chi connectivity index (χ1) is 12.7. The Bertz CT molecular complexity index is 1130. The molecule has 0 spiro atoms. The molecule has 1 aliphatic heterocycles. The van der Waals surface area contributed by atoms with Crippen LogP contribution in [-0.4, -0.2) is 14.5 Å². The normalized spacial score (nSPS) is 16.0. The summed E-state index contributed by atoms with van der Waals surface area (Å²) in [5.74, 6) is 6.84. The molecule has 1 aromatic carbocycles. The number of fused-ring (bicyclic) bond motifs is 2. The molecule has 0 fully saturated rings. The summed E-state index contributed by atoms with van der Waals surface area (Å²) in [7, 11) is 0. The third-order valence-electron chi connectivity index (χ3n) is 4.63. The summed E-state index contributed by atoms with van der Waals surface area (Å²) in [6.45, 7) is 0.552. The lowest BCUT2D eigenvalue weighted by molar-refractivity contribution is 0.538. The summed E-state index contributed by atoms with van der Waals surface area (Å²) in [6.07, 6.45) is 3.79. The maximum atomic E-state index is 12.8. The van der Waals surface area contributed by atoms with Crippen LogP contribution >= 0.6 is 0 Å². The van der Waals surface area contributed by atoms with Crippen LogP contribution in [0.3, 0.4) is 0 Å². The van der Waals surface area contributed by atoms with Crippen molar-refractivity contribution >= 4 is 10.9 Å². The van der Waals surface area contributed by atoms with Crippen LogP contribution < -0.4 is 5.56 Å². The molecule has 1 aliphatic rings. The van der Waals surface area contributed by atoms with Gasteiger partial charge in [0, 0.05) is 30.6 Å². The van der Waals surface area contributed by atoms with Gasteiger partial charge in [-0.1, -0.05) is 12.0 Å². The molecule has 126 valence electrons. The highest BCUT2D eigenvalue weighted by atomic mass is 16.1. The third kappa shape index (κ3) is 3.08. The second-order valence-corrected chi connectivity index (χ2v) is 6.34. The van der Waals surface area contributed by atoms with Gasteiger partial charge in [-0.2, -0.15) is 5.26 Å². The van der Waals surface area contributed by atoms with E-state index in [4.69, 9.17) is 10.2 Å². The maximum absolute atomic E-state index is 12.8. The number of hydrogen-bond acceptors (Lipinski definition) is 4. The Balaban J connectivity index is 1.75. The van der Waals surface area contributed by atoms with Gasteiger partial charge >= 0.3 is 0 Å². The number of hydrogen-bond donors (Lipinski definition) is 0. The van der Waals surface area contributed by atoms with Gasteiger partial charge in [-0.3, -0.25) is 9.36 Å². The van der Waals surface area contributed by atoms with Crippen molar-refractivity contribution in [2.24, 2.45) is 5.92 Å². The van der Waals surface area contributed by atoms with E-state index in [1.165, 1.54) is 0 Å². The second kappa shape index (κ2) is 6.82. The van der Waals surface area contributed by atoms with Crippen molar-refractivity contribution in [1.82, 2.24) is 14.5 Å². The van der Waals surface area contributed by atoms with Crippen LogP contribution in [0.4, 0.5) is 0 Å². The molecule has 2 aromatic heterocycles. The fourth-order valence-corrected chi connectivity index (χ4v) is 3.20. The van der Waals surface area contributed by atoms with Gasteiger partial charge in [-0.25, -0.2) is 9.97 Å². The highest BCUT2D eigenvalue weighted by Gasteiger charge is 2.19. The number of rotatable bonds is 0. The minimum atomic E-state index is -0.0344. The molecule has 0 N–H and O–H groups in total. The predicted molar refractivity (Wildman–Crippen MR) is 98.3 cm³/mol. The van der Waals surface area contributed by atoms with Crippen molar-refractivity contribution < 1.29 is 0 Å². The van der Waals surface area contributed by atoms with E-state index in [1.54, 1.807) is 16.8 Å². The van der Waals surface area contributed by atoms with Gasteiger partial charge in [0.15, 0.2) is 0 Å². The van der Waals surface area contributed by atoms with Gasteiger partial charge in [0.25, 0.3) is 5.56 Å². The van der Waals surface area contributed by atoms with Crippen LogP contribution in [-0.2, 0) is 13.0 Å². The first-order valence-electron chi connectivity index (χ1n) is 8.61. The van der Waals surface area contributed by atoms with Crippen molar-refractivity contribution in [1.29, 1.82) is 5.26 Å². The quantitative estimate of drug-likeness (QED) is 0.590. The monoisotopic (exact) mass is 340 g/mol. The minimum Gasteiger partial charge on any atom is -0.296 e. The van der Waals surface area contributed by atoms with Gasteiger partial charge in [0.05, 0.1) is 17.0 Å². The fourth-order valence-electron chi connectivity index (χ4n) is 3.20. The molecule has 4 rings (SSSR count). The van der Waals surface area contributed by atoms with E-state index in [2.05, 4.69) is 22.9 Å². The standard InChI is InChI=1S/C21H16N4O/c22-14-16-6-9-20-24-19-13-15(4-7-17-3-1-2-11-23-17)5-8-18(19)21(26)25(20)12-10-16/h1-3,5,8,11,13,16H,6,9-10,12H2. The molecule has 0 bridgehead atoms. The van der Waals surface area contributed by atoms with Crippen LogP contribution in [0, 0.1) is 29.1 Å². The zero-order valence-electron chi connectivity index (χ0n) is 14.1. The zero-order valence-corrected chi connectivity index (χ0v) is 14.1. The fraction of sp³-hybridized carbons (Fsp3) is 0.238. The first-order valence-corrected chi connectivity index (χ1v) is 8.61. The molecular weight excluding hydrogens is 324 g/mol. The molecule has 0 amide bonds. The average molecular weight is 340 g/mol. The van der Waals surface area contributed by atoms with Crippen LogP contribution in [0.2, 0.25) is 0 Å². The largest absolute Gasteiger partial charge is 0.296 e. The predicted octanol–water partition coefficient (Wildman–Crippen LogP) is 2.67. The van der Waals surface area contributed by atoms with Gasteiger partial charge in [0.1, 0.15) is 11.5 Å². The first kappa shape index (κ1) is 16.1. The number of nitriles is 1.